The first-order chi connectivity index (χ1) is 12.1. The molecular formula is C17H24N2O4S2. The van der Waals surface area contributed by atoms with E-state index in [-0.39, 0.29) is 19.8 Å². The largest absolute Gasteiger partial charge is 0.394 e. The Morgan fingerprint density at radius 3 is 2.68 bits per heavy atom. The molecule has 1 aromatic rings. The van der Waals surface area contributed by atoms with Crippen LogP contribution in [0.25, 0.3) is 0 Å². The molecule has 3 N–H and O–H groups in total. The van der Waals surface area contributed by atoms with Crippen molar-refractivity contribution in [2.24, 2.45) is 0 Å². The molecule has 1 fully saturated rings. The summed E-state index contributed by atoms with van der Waals surface area (Å²) in [6.45, 7) is 0.437. The third-order valence-corrected chi connectivity index (χ3v) is 5.82. The minimum absolute atomic E-state index is 0.0607. The monoisotopic (exact) mass is 384 g/mol. The molecule has 1 aromatic carbocycles. The van der Waals surface area contributed by atoms with Crippen LogP contribution in [0.5, 0.6) is 0 Å². The van der Waals surface area contributed by atoms with Crippen LogP contribution in [0.15, 0.2) is 29.2 Å². The van der Waals surface area contributed by atoms with Gasteiger partial charge in [-0.25, -0.2) is 0 Å². The highest BCUT2D eigenvalue weighted by Gasteiger charge is 2.34. The summed E-state index contributed by atoms with van der Waals surface area (Å²) in [5.74, 6) is 0.508. The lowest BCUT2D eigenvalue weighted by Gasteiger charge is -2.36. The molecule has 1 heterocycles. The van der Waals surface area contributed by atoms with E-state index in [0.717, 1.165) is 29.2 Å². The summed E-state index contributed by atoms with van der Waals surface area (Å²) in [6, 6.07) is 7.34. The van der Waals surface area contributed by atoms with Gasteiger partial charge < -0.3 is 20.5 Å². The van der Waals surface area contributed by atoms with Gasteiger partial charge in [0.1, 0.15) is 0 Å². The number of ether oxygens (including phenoxy) is 1. The fourth-order valence-electron chi connectivity index (χ4n) is 2.63. The second kappa shape index (κ2) is 10.1. The molecule has 0 bridgehead atoms. The third kappa shape index (κ3) is 5.91. The molecule has 2 amide bonds. The van der Waals surface area contributed by atoms with Gasteiger partial charge in [0.05, 0.1) is 24.5 Å². The number of carbonyl (C=O) groups excluding carboxylic acids is 2. The number of anilines is 1. The number of benzene rings is 1. The number of carbonyl (C=O) groups is 2. The molecule has 0 spiro atoms. The van der Waals surface area contributed by atoms with E-state index >= 15 is 0 Å². The van der Waals surface area contributed by atoms with Crippen molar-refractivity contribution < 1.29 is 19.4 Å². The average Bonchev–Trinajstić information content (AvgIpc) is 2.65. The van der Waals surface area contributed by atoms with E-state index < -0.39 is 17.4 Å². The molecule has 8 heteroatoms. The van der Waals surface area contributed by atoms with Crippen LogP contribution in [-0.2, 0) is 14.3 Å². The Morgan fingerprint density at radius 2 is 2.00 bits per heavy atom. The van der Waals surface area contributed by atoms with Gasteiger partial charge in [0.2, 0.25) is 0 Å². The van der Waals surface area contributed by atoms with Crippen molar-refractivity contribution in [2.45, 2.75) is 23.3 Å². The summed E-state index contributed by atoms with van der Waals surface area (Å²) in [5, 5.41) is 14.3. The number of nitrogens with one attached hydrogen (secondary N) is 2. The van der Waals surface area contributed by atoms with E-state index in [9.17, 15) is 9.59 Å². The molecule has 6 nitrogen and oxygen atoms in total. The first-order valence-corrected chi connectivity index (χ1v) is 10.5. The van der Waals surface area contributed by atoms with Gasteiger partial charge in [-0.2, -0.15) is 11.8 Å². The predicted octanol–water partition coefficient (Wildman–Crippen LogP) is 1.74. The summed E-state index contributed by atoms with van der Waals surface area (Å²) in [5.41, 5.74) is 0.122. The normalized spacial score (nSPS) is 16.2. The van der Waals surface area contributed by atoms with Crippen molar-refractivity contribution in [3.05, 3.63) is 24.3 Å². The molecule has 1 aliphatic heterocycles. The number of aliphatic hydroxyl groups is 1. The van der Waals surface area contributed by atoms with Crippen LogP contribution in [0.2, 0.25) is 0 Å². The number of hydrogen-bond acceptors (Lipinski definition) is 6. The van der Waals surface area contributed by atoms with Gasteiger partial charge in [-0.1, -0.05) is 12.1 Å². The van der Waals surface area contributed by atoms with E-state index in [1.165, 1.54) is 11.8 Å². The van der Waals surface area contributed by atoms with Crippen molar-refractivity contribution in [1.29, 1.82) is 0 Å². The van der Waals surface area contributed by atoms with Crippen LogP contribution in [-0.4, -0.2) is 60.0 Å². The number of para-hydroxylation sites is 1. The number of hydrogen-bond donors (Lipinski definition) is 3. The topological polar surface area (TPSA) is 87.7 Å². The lowest BCUT2D eigenvalue weighted by molar-refractivity contribution is -0.137. The Hall–Kier alpha value is -1.22. The molecule has 1 aliphatic rings. The van der Waals surface area contributed by atoms with Gasteiger partial charge in [-0.05, 0) is 42.7 Å². The third-order valence-electron chi connectivity index (χ3n) is 4.04. The molecular weight excluding hydrogens is 360 g/mol. The van der Waals surface area contributed by atoms with Crippen LogP contribution in [0, 0.1) is 0 Å². The van der Waals surface area contributed by atoms with Crippen molar-refractivity contribution in [3.63, 3.8) is 0 Å². The van der Waals surface area contributed by atoms with Crippen LogP contribution < -0.4 is 10.6 Å². The van der Waals surface area contributed by atoms with Crippen molar-refractivity contribution >= 4 is 41.0 Å². The Labute approximate surface area is 156 Å². The number of rotatable bonds is 7. The molecule has 1 saturated heterocycles. The van der Waals surface area contributed by atoms with Crippen LogP contribution in [0.4, 0.5) is 5.69 Å². The molecule has 25 heavy (non-hydrogen) atoms. The minimum Gasteiger partial charge on any atom is -0.394 e. The van der Waals surface area contributed by atoms with Crippen LogP contribution >= 0.6 is 23.5 Å². The minimum atomic E-state index is -0.691. The molecule has 0 saturated carbocycles. The smallest absolute Gasteiger partial charge is 0.313 e. The van der Waals surface area contributed by atoms with Crippen LogP contribution in [0.3, 0.4) is 0 Å². The molecule has 0 unspecified atom stereocenters. The zero-order chi connectivity index (χ0) is 18.1. The maximum Gasteiger partial charge on any atom is 0.313 e. The summed E-state index contributed by atoms with van der Waals surface area (Å²) in [4.78, 5) is 25.2. The number of thioether (sulfide) groups is 2. The van der Waals surface area contributed by atoms with E-state index in [4.69, 9.17) is 9.84 Å². The second-order valence-electron chi connectivity index (χ2n) is 5.70. The number of aliphatic hydroxyl groups excluding tert-OH is 1. The zero-order valence-electron chi connectivity index (χ0n) is 14.2. The highest BCUT2D eigenvalue weighted by molar-refractivity contribution is 7.99. The quantitative estimate of drug-likeness (QED) is 0.490. The van der Waals surface area contributed by atoms with Crippen molar-refractivity contribution in [3.8, 4) is 0 Å². The average molecular weight is 385 g/mol. The highest BCUT2D eigenvalue weighted by Crippen LogP contribution is 2.30. The van der Waals surface area contributed by atoms with Crippen LogP contribution in [0.1, 0.15) is 12.8 Å². The Bertz CT molecular complexity index is 592. The van der Waals surface area contributed by atoms with E-state index in [0.29, 0.717) is 5.69 Å². The second-order valence-corrected chi connectivity index (χ2v) is 7.78. The fraction of sp³-hybridized carbons (Fsp3) is 0.529. The van der Waals surface area contributed by atoms with Gasteiger partial charge in [-0.15, -0.1) is 11.8 Å². The van der Waals surface area contributed by atoms with E-state index in [1.54, 1.807) is 6.07 Å². The van der Waals surface area contributed by atoms with E-state index in [2.05, 4.69) is 10.6 Å². The maximum absolute atomic E-state index is 12.2. The Morgan fingerprint density at radius 1 is 1.28 bits per heavy atom. The van der Waals surface area contributed by atoms with Crippen molar-refractivity contribution in [2.75, 3.05) is 42.8 Å². The standard InChI is InChI=1S/C17H24N2O4S2/c1-24-14-5-3-2-4-13(14)19-16(22)15(21)18-12-17(23-9-8-20)6-10-25-11-7-17/h2-5,20H,6-12H2,1H3,(H,18,21)(H,19,22). The van der Waals surface area contributed by atoms with Gasteiger partial charge >= 0.3 is 11.8 Å². The fourth-order valence-corrected chi connectivity index (χ4v) is 4.42. The van der Waals surface area contributed by atoms with Gasteiger partial charge in [0.25, 0.3) is 0 Å². The zero-order valence-corrected chi connectivity index (χ0v) is 15.9. The van der Waals surface area contributed by atoms with Gasteiger partial charge in [-0.3, -0.25) is 9.59 Å². The molecule has 0 radical (unpaired) electrons. The first kappa shape index (κ1) is 20.1. The highest BCUT2D eigenvalue weighted by atomic mass is 32.2. The number of amides is 2. The summed E-state index contributed by atoms with van der Waals surface area (Å²) in [6.07, 6.45) is 3.48. The lowest BCUT2D eigenvalue weighted by Crippen LogP contribution is -2.50. The maximum atomic E-state index is 12.2. The SMILES string of the molecule is CSc1ccccc1NC(=O)C(=O)NCC1(OCCO)CCSCC1. The Kier molecular flexibility index (Phi) is 8.08. The van der Waals surface area contributed by atoms with E-state index in [1.807, 2.05) is 36.2 Å². The molecule has 0 aliphatic carbocycles. The molecule has 138 valence electrons. The Balaban J connectivity index is 1.92. The predicted molar refractivity (Wildman–Crippen MR) is 102 cm³/mol. The van der Waals surface area contributed by atoms with Gasteiger partial charge in [0.15, 0.2) is 0 Å². The first-order valence-electron chi connectivity index (χ1n) is 8.15. The van der Waals surface area contributed by atoms with Gasteiger partial charge in [0, 0.05) is 11.4 Å². The molecule has 2 rings (SSSR count). The lowest BCUT2D eigenvalue weighted by atomic mass is 9.96. The summed E-state index contributed by atoms with van der Waals surface area (Å²) >= 11 is 3.34. The molecule has 0 aromatic heterocycles. The van der Waals surface area contributed by atoms with Crippen molar-refractivity contribution in [1.82, 2.24) is 5.32 Å². The molecule has 0 atom stereocenters. The summed E-state index contributed by atoms with van der Waals surface area (Å²) < 4.78 is 5.79. The summed E-state index contributed by atoms with van der Waals surface area (Å²) in [7, 11) is 0.